The molecule has 0 aliphatic carbocycles. The predicted octanol–water partition coefficient (Wildman–Crippen LogP) is 0.122. The fraction of sp³-hybridized carbons (Fsp3) is 0.944. The second-order valence-corrected chi connectivity index (χ2v) is 7.90. The first-order valence-electron chi connectivity index (χ1n) is 9.99. The fourth-order valence-corrected chi connectivity index (χ4v) is 4.98. The van der Waals surface area contributed by atoms with Crippen molar-refractivity contribution in [3.63, 3.8) is 0 Å². The van der Waals surface area contributed by atoms with Crippen LogP contribution in [0.5, 0.6) is 0 Å². The van der Waals surface area contributed by atoms with E-state index < -0.39 is 0 Å². The molecule has 0 aromatic rings. The van der Waals surface area contributed by atoms with Crippen LogP contribution in [-0.4, -0.2) is 110 Å². The number of piperidine rings is 1. The highest BCUT2D eigenvalue weighted by atomic mass is 15.4. The standard InChI is InChI=1S/C18H34N6/c1-19-18(20-13-17-14-21-9-11-23(17)12-10-21)24-8-5-16(15-24)22-6-3-2-4-7-22/h16-17H,2-15H2,1H3,(H,19,20). The monoisotopic (exact) mass is 334 g/mol. The first-order chi connectivity index (χ1) is 11.8. The number of guanidine groups is 1. The molecule has 2 unspecified atom stereocenters. The molecule has 5 aliphatic rings. The van der Waals surface area contributed by atoms with Crippen LogP contribution < -0.4 is 5.32 Å². The van der Waals surface area contributed by atoms with Crippen molar-refractivity contribution < 1.29 is 0 Å². The van der Waals surface area contributed by atoms with Crippen molar-refractivity contribution in [3.8, 4) is 0 Å². The Morgan fingerprint density at radius 3 is 2.38 bits per heavy atom. The molecule has 2 bridgehead atoms. The lowest BCUT2D eigenvalue weighted by Gasteiger charge is -2.47. The lowest BCUT2D eigenvalue weighted by Crippen LogP contribution is -2.64. The van der Waals surface area contributed by atoms with E-state index in [1.54, 1.807) is 0 Å². The SMILES string of the molecule is CN=C(NCC1CN2CCN1CC2)N1CCC(N2CCCCC2)C1. The van der Waals surface area contributed by atoms with E-state index in [-0.39, 0.29) is 0 Å². The van der Waals surface area contributed by atoms with Crippen molar-refractivity contribution in [1.82, 2.24) is 24.9 Å². The number of likely N-dealkylation sites (tertiary alicyclic amines) is 2. The van der Waals surface area contributed by atoms with Gasteiger partial charge < -0.3 is 10.2 Å². The van der Waals surface area contributed by atoms with Crippen LogP contribution in [-0.2, 0) is 0 Å². The molecule has 5 aliphatic heterocycles. The molecule has 0 aromatic carbocycles. The van der Waals surface area contributed by atoms with Crippen molar-refractivity contribution in [1.29, 1.82) is 0 Å². The number of aliphatic imine (C=N–C) groups is 1. The summed E-state index contributed by atoms with van der Waals surface area (Å²) in [5, 5.41) is 3.68. The maximum Gasteiger partial charge on any atom is 0.193 e. The van der Waals surface area contributed by atoms with Gasteiger partial charge in [0, 0.05) is 71.5 Å². The van der Waals surface area contributed by atoms with Gasteiger partial charge in [0.15, 0.2) is 5.96 Å². The van der Waals surface area contributed by atoms with E-state index in [0.29, 0.717) is 6.04 Å². The second-order valence-electron chi connectivity index (χ2n) is 7.90. The average molecular weight is 335 g/mol. The Bertz CT molecular complexity index is 439. The number of fused-ring (bicyclic) bond motifs is 3. The summed E-state index contributed by atoms with van der Waals surface area (Å²) in [6.07, 6.45) is 5.49. The third-order valence-electron chi connectivity index (χ3n) is 6.47. The van der Waals surface area contributed by atoms with Crippen molar-refractivity contribution in [2.24, 2.45) is 4.99 Å². The van der Waals surface area contributed by atoms with E-state index in [0.717, 1.165) is 31.6 Å². The molecule has 6 nitrogen and oxygen atoms in total. The van der Waals surface area contributed by atoms with Crippen LogP contribution >= 0.6 is 0 Å². The Kier molecular flexibility index (Phi) is 5.25. The number of nitrogens with one attached hydrogen (secondary N) is 1. The van der Waals surface area contributed by atoms with E-state index >= 15 is 0 Å². The zero-order chi connectivity index (χ0) is 16.4. The van der Waals surface area contributed by atoms with Crippen molar-refractivity contribution in [2.75, 3.05) is 72.5 Å². The van der Waals surface area contributed by atoms with Crippen LogP contribution in [0, 0.1) is 0 Å². The summed E-state index contributed by atoms with van der Waals surface area (Å²) < 4.78 is 0. The topological polar surface area (TPSA) is 37.4 Å². The molecular weight excluding hydrogens is 300 g/mol. The molecule has 6 heteroatoms. The molecule has 0 amide bonds. The number of nitrogens with zero attached hydrogens (tertiary/aromatic N) is 5. The molecular formula is C18H34N6. The summed E-state index contributed by atoms with van der Waals surface area (Å²) in [4.78, 5) is 15.0. The quantitative estimate of drug-likeness (QED) is 0.586. The highest BCUT2D eigenvalue weighted by Crippen LogP contribution is 2.20. The molecule has 0 aromatic heterocycles. The van der Waals surface area contributed by atoms with Crippen LogP contribution in [0.25, 0.3) is 0 Å². The maximum absolute atomic E-state index is 4.58. The normalized spacial score (nSPS) is 37.9. The number of rotatable bonds is 3. The van der Waals surface area contributed by atoms with Gasteiger partial charge in [0.1, 0.15) is 0 Å². The molecule has 0 radical (unpaired) electrons. The van der Waals surface area contributed by atoms with Crippen LogP contribution in [0.4, 0.5) is 0 Å². The van der Waals surface area contributed by atoms with Crippen molar-refractivity contribution in [2.45, 2.75) is 37.8 Å². The summed E-state index contributed by atoms with van der Waals surface area (Å²) in [5.74, 6) is 1.12. The average Bonchev–Trinajstić information content (AvgIpc) is 3.14. The molecule has 1 N–H and O–H groups in total. The first-order valence-corrected chi connectivity index (χ1v) is 9.99. The minimum atomic E-state index is 0.657. The maximum atomic E-state index is 4.58. The van der Waals surface area contributed by atoms with E-state index in [4.69, 9.17) is 0 Å². The van der Waals surface area contributed by atoms with Gasteiger partial charge in [0.2, 0.25) is 0 Å². The van der Waals surface area contributed by atoms with Crippen molar-refractivity contribution >= 4 is 5.96 Å². The third-order valence-corrected chi connectivity index (χ3v) is 6.47. The zero-order valence-corrected chi connectivity index (χ0v) is 15.3. The third kappa shape index (κ3) is 3.55. The molecule has 5 saturated heterocycles. The van der Waals surface area contributed by atoms with E-state index in [1.165, 1.54) is 71.5 Å². The molecule has 2 atom stereocenters. The molecule has 5 fully saturated rings. The molecule has 136 valence electrons. The summed E-state index contributed by atoms with van der Waals surface area (Å²) in [6, 6.07) is 1.40. The van der Waals surface area contributed by atoms with E-state index in [9.17, 15) is 0 Å². The van der Waals surface area contributed by atoms with Gasteiger partial charge in [0.05, 0.1) is 0 Å². The Labute approximate surface area is 146 Å². The lowest BCUT2D eigenvalue weighted by atomic mass is 10.1. The summed E-state index contributed by atoms with van der Waals surface area (Å²) in [5.41, 5.74) is 0. The van der Waals surface area contributed by atoms with Gasteiger partial charge in [-0.2, -0.15) is 0 Å². The van der Waals surface area contributed by atoms with E-state index in [1.807, 2.05) is 7.05 Å². The van der Waals surface area contributed by atoms with Gasteiger partial charge in [-0.05, 0) is 32.4 Å². The first kappa shape index (κ1) is 16.6. The molecule has 0 spiro atoms. The zero-order valence-electron chi connectivity index (χ0n) is 15.3. The van der Waals surface area contributed by atoms with Crippen LogP contribution in [0.3, 0.4) is 0 Å². The Morgan fingerprint density at radius 1 is 0.917 bits per heavy atom. The largest absolute Gasteiger partial charge is 0.355 e. The fourth-order valence-electron chi connectivity index (χ4n) is 4.98. The molecule has 0 saturated carbocycles. The summed E-state index contributed by atoms with van der Waals surface area (Å²) >= 11 is 0. The van der Waals surface area contributed by atoms with E-state index in [2.05, 4.69) is 29.9 Å². The van der Waals surface area contributed by atoms with Gasteiger partial charge in [-0.1, -0.05) is 6.42 Å². The Hall–Kier alpha value is -0.850. The number of hydrogen-bond donors (Lipinski definition) is 1. The van der Waals surface area contributed by atoms with Gasteiger partial charge in [-0.15, -0.1) is 0 Å². The molecule has 24 heavy (non-hydrogen) atoms. The van der Waals surface area contributed by atoms with Crippen LogP contribution in [0.1, 0.15) is 25.7 Å². The van der Waals surface area contributed by atoms with Crippen molar-refractivity contribution in [3.05, 3.63) is 0 Å². The smallest absolute Gasteiger partial charge is 0.193 e. The second kappa shape index (κ2) is 7.58. The highest BCUT2D eigenvalue weighted by Gasteiger charge is 2.33. The number of hydrogen-bond acceptors (Lipinski definition) is 4. The van der Waals surface area contributed by atoms with Gasteiger partial charge in [-0.3, -0.25) is 19.7 Å². The summed E-state index contributed by atoms with van der Waals surface area (Å²) in [7, 11) is 1.94. The van der Waals surface area contributed by atoms with Crippen LogP contribution in [0.2, 0.25) is 0 Å². The summed E-state index contributed by atoms with van der Waals surface area (Å²) in [6.45, 7) is 12.2. The van der Waals surface area contributed by atoms with Gasteiger partial charge >= 0.3 is 0 Å². The minimum absolute atomic E-state index is 0.657. The van der Waals surface area contributed by atoms with Crippen LogP contribution in [0.15, 0.2) is 4.99 Å². The van der Waals surface area contributed by atoms with Gasteiger partial charge in [0.25, 0.3) is 0 Å². The van der Waals surface area contributed by atoms with Gasteiger partial charge in [-0.25, -0.2) is 0 Å². The lowest BCUT2D eigenvalue weighted by molar-refractivity contribution is 0.0152. The molecule has 5 heterocycles. The minimum Gasteiger partial charge on any atom is -0.355 e. The Balaban J connectivity index is 1.27. The number of piperazine rings is 3. The highest BCUT2D eigenvalue weighted by molar-refractivity contribution is 5.80. The molecule has 5 rings (SSSR count). The Morgan fingerprint density at radius 2 is 1.71 bits per heavy atom. The predicted molar refractivity (Wildman–Crippen MR) is 98.6 cm³/mol.